The second-order valence-electron chi connectivity index (χ2n) is 3.30. The Morgan fingerprint density at radius 2 is 1.81 bits per heavy atom. The minimum atomic E-state index is -3.61. The van der Waals surface area contributed by atoms with E-state index in [0.717, 1.165) is 12.8 Å². The highest BCUT2D eigenvalue weighted by molar-refractivity contribution is 7.89. The summed E-state index contributed by atoms with van der Waals surface area (Å²) in [5.74, 6) is 0. The van der Waals surface area contributed by atoms with Crippen LogP contribution in [0.15, 0.2) is 23.1 Å². The third-order valence-corrected chi connectivity index (χ3v) is 4.43. The quantitative estimate of drug-likeness (QED) is 0.844. The molecule has 0 atom stereocenters. The first-order valence-corrected chi connectivity index (χ1v) is 7.16. The van der Waals surface area contributed by atoms with E-state index in [0.29, 0.717) is 6.54 Å². The van der Waals surface area contributed by atoms with Crippen LogP contribution in [-0.2, 0) is 10.0 Å². The minimum Gasteiger partial charge on any atom is -0.211 e. The maximum absolute atomic E-state index is 11.9. The van der Waals surface area contributed by atoms with Gasteiger partial charge in [0.15, 0.2) is 0 Å². The summed E-state index contributed by atoms with van der Waals surface area (Å²) in [7, 11) is -3.61. The van der Waals surface area contributed by atoms with Gasteiger partial charge in [0.1, 0.15) is 4.90 Å². The van der Waals surface area contributed by atoms with E-state index in [4.69, 9.17) is 23.2 Å². The van der Waals surface area contributed by atoms with Crippen LogP contribution in [0.2, 0.25) is 10.0 Å². The molecule has 0 aliphatic heterocycles. The maximum atomic E-state index is 11.9. The van der Waals surface area contributed by atoms with Gasteiger partial charge >= 0.3 is 0 Å². The number of nitrogens with one attached hydrogen (secondary N) is 1. The van der Waals surface area contributed by atoms with Crippen molar-refractivity contribution in [1.82, 2.24) is 4.72 Å². The van der Waals surface area contributed by atoms with E-state index in [1.165, 1.54) is 12.1 Å². The van der Waals surface area contributed by atoms with Gasteiger partial charge in [0.2, 0.25) is 10.0 Å². The van der Waals surface area contributed by atoms with Crippen molar-refractivity contribution >= 4 is 33.2 Å². The van der Waals surface area contributed by atoms with E-state index in [-0.39, 0.29) is 14.9 Å². The Morgan fingerprint density at radius 3 is 2.31 bits per heavy atom. The summed E-state index contributed by atoms with van der Waals surface area (Å²) in [5.41, 5.74) is 0. The number of sulfonamides is 1. The molecule has 0 aromatic heterocycles. The first kappa shape index (κ1) is 13.8. The molecule has 6 heteroatoms. The molecule has 0 aliphatic rings. The largest absolute Gasteiger partial charge is 0.243 e. The van der Waals surface area contributed by atoms with Gasteiger partial charge in [-0.25, -0.2) is 13.1 Å². The maximum Gasteiger partial charge on any atom is 0.243 e. The van der Waals surface area contributed by atoms with Gasteiger partial charge in [-0.15, -0.1) is 0 Å². The Morgan fingerprint density at radius 1 is 1.25 bits per heavy atom. The number of hydrogen-bond acceptors (Lipinski definition) is 2. The molecule has 0 radical (unpaired) electrons. The molecule has 90 valence electrons. The van der Waals surface area contributed by atoms with E-state index in [9.17, 15) is 8.42 Å². The van der Waals surface area contributed by atoms with E-state index in [1.54, 1.807) is 6.07 Å². The SMILES string of the molecule is CCCCNS(=O)(=O)c1c(Cl)cccc1Cl. The molecule has 0 saturated carbocycles. The average molecular weight is 282 g/mol. The highest BCUT2D eigenvalue weighted by Crippen LogP contribution is 2.28. The van der Waals surface area contributed by atoms with Crippen molar-refractivity contribution in [1.29, 1.82) is 0 Å². The normalized spacial score (nSPS) is 11.7. The van der Waals surface area contributed by atoms with Crippen LogP contribution in [0, 0.1) is 0 Å². The molecular formula is C10H13Cl2NO2S. The Hall–Kier alpha value is -0.290. The Kier molecular flexibility index (Phi) is 5.05. The van der Waals surface area contributed by atoms with Crippen molar-refractivity contribution in [3.8, 4) is 0 Å². The zero-order chi connectivity index (χ0) is 12.2. The molecule has 0 spiro atoms. The summed E-state index contributed by atoms with van der Waals surface area (Å²) in [4.78, 5) is -0.0468. The van der Waals surface area contributed by atoms with E-state index in [1.807, 2.05) is 6.92 Å². The highest BCUT2D eigenvalue weighted by Gasteiger charge is 2.20. The lowest BCUT2D eigenvalue weighted by atomic mass is 10.3. The Labute approximate surface area is 106 Å². The molecule has 16 heavy (non-hydrogen) atoms. The van der Waals surface area contributed by atoms with Gasteiger partial charge in [-0.05, 0) is 18.6 Å². The molecular weight excluding hydrogens is 269 g/mol. The number of rotatable bonds is 5. The van der Waals surface area contributed by atoms with E-state index >= 15 is 0 Å². The molecule has 1 N–H and O–H groups in total. The third kappa shape index (κ3) is 3.35. The molecule has 0 heterocycles. The molecule has 1 aromatic carbocycles. The van der Waals surface area contributed by atoms with Crippen LogP contribution < -0.4 is 4.72 Å². The first-order valence-electron chi connectivity index (χ1n) is 4.92. The van der Waals surface area contributed by atoms with Crippen LogP contribution in [-0.4, -0.2) is 15.0 Å². The number of benzene rings is 1. The lowest BCUT2D eigenvalue weighted by Crippen LogP contribution is -2.25. The monoisotopic (exact) mass is 281 g/mol. The minimum absolute atomic E-state index is 0.0468. The van der Waals surface area contributed by atoms with Crippen molar-refractivity contribution in [2.45, 2.75) is 24.7 Å². The smallest absolute Gasteiger partial charge is 0.211 e. The fraction of sp³-hybridized carbons (Fsp3) is 0.400. The fourth-order valence-corrected chi connectivity index (χ4v) is 3.41. The van der Waals surface area contributed by atoms with Crippen LogP contribution in [0.5, 0.6) is 0 Å². The number of hydrogen-bond donors (Lipinski definition) is 1. The van der Waals surface area contributed by atoms with Crippen LogP contribution >= 0.6 is 23.2 Å². The van der Waals surface area contributed by atoms with Crippen molar-refractivity contribution in [2.24, 2.45) is 0 Å². The molecule has 1 rings (SSSR count). The van der Waals surface area contributed by atoms with Crippen LogP contribution in [0.3, 0.4) is 0 Å². The topological polar surface area (TPSA) is 46.2 Å². The number of unbranched alkanes of at least 4 members (excludes halogenated alkanes) is 1. The molecule has 0 aliphatic carbocycles. The summed E-state index contributed by atoms with van der Waals surface area (Å²) >= 11 is 11.6. The standard InChI is InChI=1S/C10H13Cl2NO2S/c1-2-3-7-13-16(14,15)10-8(11)5-4-6-9(10)12/h4-6,13H,2-3,7H2,1H3. The first-order chi connectivity index (χ1) is 7.49. The molecule has 0 amide bonds. The zero-order valence-electron chi connectivity index (χ0n) is 8.83. The molecule has 0 fully saturated rings. The predicted molar refractivity (Wildman–Crippen MR) is 66.6 cm³/mol. The van der Waals surface area contributed by atoms with Gasteiger partial charge in [0.05, 0.1) is 10.0 Å². The molecule has 3 nitrogen and oxygen atoms in total. The summed E-state index contributed by atoms with van der Waals surface area (Å²) in [5, 5.41) is 0.271. The van der Waals surface area contributed by atoms with Gasteiger partial charge in [-0.3, -0.25) is 0 Å². The third-order valence-electron chi connectivity index (χ3n) is 2.01. The highest BCUT2D eigenvalue weighted by atomic mass is 35.5. The van der Waals surface area contributed by atoms with Crippen LogP contribution in [0.1, 0.15) is 19.8 Å². The zero-order valence-corrected chi connectivity index (χ0v) is 11.2. The van der Waals surface area contributed by atoms with Crippen LogP contribution in [0.25, 0.3) is 0 Å². The number of halogens is 2. The molecule has 0 unspecified atom stereocenters. The van der Waals surface area contributed by atoms with Gasteiger partial charge in [-0.2, -0.15) is 0 Å². The average Bonchev–Trinajstić information content (AvgIpc) is 2.17. The van der Waals surface area contributed by atoms with Gasteiger partial charge in [0, 0.05) is 6.54 Å². The summed E-state index contributed by atoms with van der Waals surface area (Å²) in [6.45, 7) is 2.37. The van der Waals surface area contributed by atoms with Gasteiger partial charge in [0.25, 0.3) is 0 Å². The lowest BCUT2D eigenvalue weighted by molar-refractivity contribution is 0.578. The summed E-state index contributed by atoms with van der Waals surface area (Å²) in [6, 6.07) is 4.61. The van der Waals surface area contributed by atoms with Crippen molar-refractivity contribution < 1.29 is 8.42 Å². The predicted octanol–water partition coefficient (Wildman–Crippen LogP) is 3.07. The second-order valence-corrected chi connectivity index (χ2v) is 5.82. The molecule has 0 saturated heterocycles. The van der Waals surface area contributed by atoms with E-state index in [2.05, 4.69) is 4.72 Å². The van der Waals surface area contributed by atoms with Crippen molar-refractivity contribution in [3.05, 3.63) is 28.2 Å². The van der Waals surface area contributed by atoms with Crippen molar-refractivity contribution in [3.63, 3.8) is 0 Å². The Balaban J connectivity index is 2.98. The van der Waals surface area contributed by atoms with E-state index < -0.39 is 10.0 Å². The fourth-order valence-electron chi connectivity index (χ4n) is 1.19. The molecule has 1 aromatic rings. The van der Waals surface area contributed by atoms with Gasteiger partial charge < -0.3 is 0 Å². The van der Waals surface area contributed by atoms with Crippen LogP contribution in [0.4, 0.5) is 0 Å². The van der Waals surface area contributed by atoms with Gasteiger partial charge in [-0.1, -0.05) is 42.6 Å². The van der Waals surface area contributed by atoms with Crippen molar-refractivity contribution in [2.75, 3.05) is 6.54 Å². The lowest BCUT2D eigenvalue weighted by Gasteiger charge is -2.09. The summed E-state index contributed by atoms with van der Waals surface area (Å²) in [6.07, 6.45) is 1.69. The molecule has 0 bridgehead atoms. The summed E-state index contributed by atoms with van der Waals surface area (Å²) < 4.78 is 26.2. The Bertz CT molecular complexity index is 440. The second kappa shape index (κ2) is 5.87.